The van der Waals surface area contributed by atoms with Gasteiger partial charge in [-0.3, -0.25) is 4.79 Å². The number of benzene rings is 2. The molecule has 2 heteroatoms. The summed E-state index contributed by atoms with van der Waals surface area (Å²) in [5.41, 5.74) is 6.97. The summed E-state index contributed by atoms with van der Waals surface area (Å²) in [5.74, 6) is 0.185. The van der Waals surface area contributed by atoms with Gasteiger partial charge in [-0.1, -0.05) is 36.4 Å². The van der Waals surface area contributed by atoms with Crippen LogP contribution >= 0.6 is 0 Å². The molecule has 0 radical (unpaired) electrons. The average Bonchev–Trinajstić information content (AvgIpc) is 2.48. The topological polar surface area (TPSA) is 20.3 Å². The summed E-state index contributed by atoms with van der Waals surface area (Å²) in [6, 6.07) is 12.4. The van der Waals surface area contributed by atoms with Gasteiger partial charge in [-0.05, 0) is 55.0 Å². The molecule has 0 atom stereocenters. The van der Waals surface area contributed by atoms with E-state index in [0.717, 1.165) is 24.1 Å². The molecule has 2 aromatic rings. The van der Waals surface area contributed by atoms with Crippen molar-refractivity contribution in [2.45, 2.75) is 33.7 Å². The Labute approximate surface area is 126 Å². The fraction of sp³-hybridized carbons (Fsp3) is 0.316. The molecular weight excluding hydrogens is 258 g/mol. The zero-order chi connectivity index (χ0) is 15.0. The zero-order valence-electron chi connectivity index (χ0n) is 12.9. The second-order valence-electron chi connectivity index (χ2n) is 5.95. The van der Waals surface area contributed by atoms with Gasteiger partial charge in [-0.15, -0.1) is 0 Å². The predicted molar refractivity (Wildman–Crippen MR) is 85.5 cm³/mol. The molecule has 3 rings (SSSR count). The highest BCUT2D eigenvalue weighted by molar-refractivity contribution is 5.98. The molecular formula is C19H21NO. The summed E-state index contributed by atoms with van der Waals surface area (Å²) >= 11 is 0. The quantitative estimate of drug-likeness (QED) is 0.818. The molecule has 0 aromatic heterocycles. The molecule has 0 saturated carbocycles. The van der Waals surface area contributed by atoms with Crippen LogP contribution in [0.3, 0.4) is 0 Å². The third-order valence-electron chi connectivity index (χ3n) is 4.53. The molecule has 21 heavy (non-hydrogen) atoms. The van der Waals surface area contributed by atoms with E-state index in [2.05, 4.69) is 39.0 Å². The Morgan fingerprint density at radius 2 is 1.76 bits per heavy atom. The summed E-state index contributed by atoms with van der Waals surface area (Å²) in [6.07, 6.45) is 0.959. The molecule has 0 bridgehead atoms. The molecule has 1 aliphatic heterocycles. The number of hydrogen-bond donors (Lipinski definition) is 0. The fourth-order valence-electron chi connectivity index (χ4n) is 3.21. The minimum Gasteiger partial charge on any atom is -0.334 e. The van der Waals surface area contributed by atoms with Gasteiger partial charge in [0.15, 0.2) is 0 Å². The van der Waals surface area contributed by atoms with E-state index in [9.17, 15) is 4.79 Å². The highest BCUT2D eigenvalue weighted by Crippen LogP contribution is 2.28. The van der Waals surface area contributed by atoms with Gasteiger partial charge in [0.1, 0.15) is 0 Å². The average molecular weight is 279 g/mol. The molecule has 2 aromatic carbocycles. The molecule has 0 N–H and O–H groups in total. The van der Waals surface area contributed by atoms with Crippen molar-refractivity contribution in [2.75, 3.05) is 6.54 Å². The van der Waals surface area contributed by atoms with Crippen LogP contribution in [0.1, 0.15) is 38.2 Å². The van der Waals surface area contributed by atoms with Crippen LogP contribution in [-0.2, 0) is 13.0 Å². The molecule has 0 aliphatic carbocycles. The van der Waals surface area contributed by atoms with E-state index in [-0.39, 0.29) is 5.91 Å². The molecule has 0 spiro atoms. The Morgan fingerprint density at radius 1 is 1.05 bits per heavy atom. The maximum absolute atomic E-state index is 12.9. The molecule has 1 heterocycles. The van der Waals surface area contributed by atoms with Crippen molar-refractivity contribution in [1.29, 1.82) is 0 Å². The van der Waals surface area contributed by atoms with Crippen LogP contribution < -0.4 is 0 Å². The summed E-state index contributed by atoms with van der Waals surface area (Å²) in [6.45, 7) is 7.78. The number of hydrogen-bond acceptors (Lipinski definition) is 1. The lowest BCUT2D eigenvalue weighted by molar-refractivity contribution is 0.0725. The third-order valence-corrected chi connectivity index (χ3v) is 4.53. The van der Waals surface area contributed by atoms with Crippen LogP contribution in [0.15, 0.2) is 36.4 Å². The third kappa shape index (κ3) is 2.46. The minimum absolute atomic E-state index is 0.185. The van der Waals surface area contributed by atoms with Crippen molar-refractivity contribution in [1.82, 2.24) is 4.90 Å². The standard InChI is InChI=1S/C19H21NO/c1-13-11-14(2)17-9-10-20(19(21)18(17)15(13)3)12-16-7-5-4-6-8-16/h4-8,11H,9-10,12H2,1-3H3. The SMILES string of the molecule is Cc1cc(C)c2c(c1C)C(=O)N(Cc1ccccc1)CC2. The second-order valence-corrected chi connectivity index (χ2v) is 5.95. The number of fused-ring (bicyclic) bond motifs is 1. The normalized spacial score (nSPS) is 14.2. The minimum atomic E-state index is 0.185. The number of amides is 1. The first-order valence-electron chi connectivity index (χ1n) is 7.51. The smallest absolute Gasteiger partial charge is 0.254 e. The van der Waals surface area contributed by atoms with Crippen molar-refractivity contribution in [3.63, 3.8) is 0 Å². The Morgan fingerprint density at radius 3 is 2.48 bits per heavy atom. The van der Waals surface area contributed by atoms with E-state index < -0.39 is 0 Å². The highest BCUT2D eigenvalue weighted by atomic mass is 16.2. The maximum atomic E-state index is 12.9. The van der Waals surface area contributed by atoms with Crippen LogP contribution in [0.25, 0.3) is 0 Å². The summed E-state index contributed by atoms with van der Waals surface area (Å²) in [7, 11) is 0. The molecule has 0 unspecified atom stereocenters. The van der Waals surface area contributed by atoms with Gasteiger partial charge >= 0.3 is 0 Å². The largest absolute Gasteiger partial charge is 0.334 e. The molecule has 108 valence electrons. The van der Waals surface area contributed by atoms with Gasteiger partial charge in [0, 0.05) is 18.7 Å². The van der Waals surface area contributed by atoms with E-state index in [1.807, 2.05) is 23.1 Å². The number of aryl methyl sites for hydroxylation is 2. The van der Waals surface area contributed by atoms with Gasteiger partial charge < -0.3 is 4.90 Å². The van der Waals surface area contributed by atoms with Crippen LogP contribution in [0.5, 0.6) is 0 Å². The fourth-order valence-corrected chi connectivity index (χ4v) is 3.21. The lowest BCUT2D eigenvalue weighted by Gasteiger charge is -2.31. The first-order chi connectivity index (χ1) is 10.1. The molecule has 0 saturated heterocycles. The Hall–Kier alpha value is -2.09. The van der Waals surface area contributed by atoms with Gasteiger partial charge in [0.2, 0.25) is 0 Å². The van der Waals surface area contributed by atoms with E-state index in [1.54, 1.807) is 0 Å². The Balaban J connectivity index is 1.96. The van der Waals surface area contributed by atoms with Crippen molar-refractivity contribution < 1.29 is 4.79 Å². The van der Waals surface area contributed by atoms with Crippen molar-refractivity contribution in [3.05, 3.63) is 69.8 Å². The molecule has 1 aliphatic rings. The zero-order valence-corrected chi connectivity index (χ0v) is 12.9. The van der Waals surface area contributed by atoms with E-state index >= 15 is 0 Å². The maximum Gasteiger partial charge on any atom is 0.254 e. The van der Waals surface area contributed by atoms with E-state index in [1.165, 1.54) is 22.3 Å². The lowest BCUT2D eigenvalue weighted by Crippen LogP contribution is -2.38. The summed E-state index contributed by atoms with van der Waals surface area (Å²) < 4.78 is 0. The van der Waals surface area contributed by atoms with Crippen LogP contribution in [0.4, 0.5) is 0 Å². The highest BCUT2D eigenvalue weighted by Gasteiger charge is 2.27. The monoisotopic (exact) mass is 279 g/mol. The number of nitrogens with zero attached hydrogens (tertiary/aromatic N) is 1. The van der Waals surface area contributed by atoms with Gasteiger partial charge in [-0.25, -0.2) is 0 Å². The van der Waals surface area contributed by atoms with Crippen LogP contribution in [-0.4, -0.2) is 17.4 Å². The predicted octanol–water partition coefficient (Wildman–Crippen LogP) is 3.81. The summed E-state index contributed by atoms with van der Waals surface area (Å²) in [5, 5.41) is 0. The van der Waals surface area contributed by atoms with Gasteiger partial charge in [0.05, 0.1) is 0 Å². The molecule has 1 amide bonds. The van der Waals surface area contributed by atoms with Crippen LogP contribution in [0, 0.1) is 20.8 Å². The number of carbonyl (C=O) groups excluding carboxylic acids is 1. The van der Waals surface area contributed by atoms with E-state index in [4.69, 9.17) is 0 Å². The number of rotatable bonds is 2. The van der Waals surface area contributed by atoms with Crippen molar-refractivity contribution in [3.8, 4) is 0 Å². The van der Waals surface area contributed by atoms with Crippen LogP contribution in [0.2, 0.25) is 0 Å². The first-order valence-corrected chi connectivity index (χ1v) is 7.51. The van der Waals surface area contributed by atoms with Crippen molar-refractivity contribution >= 4 is 5.91 Å². The first kappa shape index (κ1) is 13.9. The Kier molecular flexibility index (Phi) is 3.54. The van der Waals surface area contributed by atoms with Crippen molar-refractivity contribution in [2.24, 2.45) is 0 Å². The van der Waals surface area contributed by atoms with Gasteiger partial charge in [-0.2, -0.15) is 0 Å². The number of carbonyl (C=O) groups is 1. The Bertz CT molecular complexity index is 688. The summed E-state index contributed by atoms with van der Waals surface area (Å²) in [4.78, 5) is 14.8. The molecule has 0 fully saturated rings. The lowest BCUT2D eigenvalue weighted by atomic mass is 9.88. The van der Waals surface area contributed by atoms with Gasteiger partial charge in [0.25, 0.3) is 5.91 Å². The van der Waals surface area contributed by atoms with E-state index in [0.29, 0.717) is 6.54 Å². The second kappa shape index (κ2) is 5.36. The molecule has 2 nitrogen and oxygen atoms in total.